The molecule has 140 valence electrons. The van der Waals surface area contributed by atoms with Gasteiger partial charge in [-0.3, -0.25) is 4.79 Å². The van der Waals surface area contributed by atoms with Gasteiger partial charge in [0.25, 0.3) is 5.56 Å². The molecule has 0 atom stereocenters. The Balaban J connectivity index is 1.85. The zero-order valence-corrected chi connectivity index (χ0v) is 16.3. The molecule has 5 nitrogen and oxygen atoms in total. The first-order valence-electron chi connectivity index (χ1n) is 8.10. The van der Waals surface area contributed by atoms with Gasteiger partial charge < -0.3 is 9.30 Å². The molecule has 2 heterocycles. The van der Waals surface area contributed by atoms with Crippen molar-refractivity contribution in [3.63, 3.8) is 0 Å². The third-order valence-electron chi connectivity index (χ3n) is 3.97. The summed E-state index contributed by atoms with van der Waals surface area (Å²) in [5.74, 6) is -0.443. The van der Waals surface area contributed by atoms with E-state index >= 15 is 0 Å². The van der Waals surface area contributed by atoms with Gasteiger partial charge in [0.05, 0.1) is 12.2 Å². The predicted molar refractivity (Wildman–Crippen MR) is 99.7 cm³/mol. The summed E-state index contributed by atoms with van der Waals surface area (Å²) in [7, 11) is 0. The number of benzene rings is 1. The summed E-state index contributed by atoms with van der Waals surface area (Å²) in [6.45, 7) is 3.71. The summed E-state index contributed by atoms with van der Waals surface area (Å²) < 4.78 is 34.1. The summed E-state index contributed by atoms with van der Waals surface area (Å²) in [6, 6.07) is 6.68. The van der Waals surface area contributed by atoms with Crippen molar-refractivity contribution in [2.75, 3.05) is 0 Å². The van der Waals surface area contributed by atoms with Gasteiger partial charge in [-0.2, -0.15) is 0 Å². The first kappa shape index (κ1) is 19.2. The van der Waals surface area contributed by atoms with E-state index in [2.05, 4.69) is 25.9 Å². The molecule has 0 saturated heterocycles. The molecule has 0 amide bonds. The maximum absolute atomic E-state index is 13.7. The standard InChI is InChI=1S/C19H16BrF2N3O2/c1-11-7-17(27-10-13-3-4-14(21)8-16(13)22)18(20)19(26)25(11)9-15-5-6-23-12(2)24-15/h3-8H,9-10H2,1-2H3. The second kappa shape index (κ2) is 7.96. The molecule has 0 saturated carbocycles. The highest BCUT2D eigenvalue weighted by Gasteiger charge is 2.14. The summed E-state index contributed by atoms with van der Waals surface area (Å²) >= 11 is 3.25. The van der Waals surface area contributed by atoms with Crippen LogP contribution in [0.25, 0.3) is 0 Å². The first-order chi connectivity index (χ1) is 12.8. The Morgan fingerprint density at radius 1 is 1.19 bits per heavy atom. The second-order valence-electron chi connectivity index (χ2n) is 5.97. The van der Waals surface area contributed by atoms with Crippen LogP contribution in [0.5, 0.6) is 5.75 Å². The Hall–Kier alpha value is -2.61. The van der Waals surface area contributed by atoms with Gasteiger partial charge in [0, 0.05) is 29.6 Å². The van der Waals surface area contributed by atoms with Crippen LogP contribution >= 0.6 is 15.9 Å². The lowest BCUT2D eigenvalue weighted by Gasteiger charge is -2.14. The third-order valence-corrected chi connectivity index (χ3v) is 4.70. The quantitative estimate of drug-likeness (QED) is 0.609. The van der Waals surface area contributed by atoms with Crippen LogP contribution in [-0.4, -0.2) is 14.5 Å². The number of rotatable bonds is 5. The average Bonchev–Trinajstić information content (AvgIpc) is 2.62. The van der Waals surface area contributed by atoms with Crippen LogP contribution < -0.4 is 10.3 Å². The molecule has 3 aromatic rings. The molecule has 0 fully saturated rings. The topological polar surface area (TPSA) is 57.0 Å². The van der Waals surface area contributed by atoms with E-state index in [4.69, 9.17) is 4.74 Å². The fraction of sp³-hybridized carbons (Fsp3) is 0.211. The maximum Gasteiger partial charge on any atom is 0.269 e. The van der Waals surface area contributed by atoms with Gasteiger partial charge in [0.1, 0.15) is 34.3 Å². The lowest BCUT2D eigenvalue weighted by molar-refractivity contribution is 0.295. The van der Waals surface area contributed by atoms with Crippen LogP contribution in [0.2, 0.25) is 0 Å². The van der Waals surface area contributed by atoms with Crippen LogP contribution in [-0.2, 0) is 13.2 Å². The molecule has 2 aromatic heterocycles. The number of hydrogen-bond acceptors (Lipinski definition) is 4. The molecule has 0 aliphatic rings. The number of aromatic nitrogens is 3. The molecule has 0 aliphatic carbocycles. The Bertz CT molecular complexity index is 1050. The third kappa shape index (κ3) is 4.39. The highest BCUT2D eigenvalue weighted by atomic mass is 79.9. The Morgan fingerprint density at radius 3 is 2.67 bits per heavy atom. The second-order valence-corrected chi connectivity index (χ2v) is 6.77. The Kier molecular flexibility index (Phi) is 5.65. The molecule has 0 N–H and O–H groups in total. The van der Waals surface area contributed by atoms with Crippen molar-refractivity contribution in [1.29, 1.82) is 0 Å². The minimum atomic E-state index is -0.699. The first-order valence-corrected chi connectivity index (χ1v) is 8.89. The molecule has 0 radical (unpaired) electrons. The van der Waals surface area contributed by atoms with Gasteiger partial charge in [-0.15, -0.1) is 0 Å². The number of aryl methyl sites for hydroxylation is 2. The van der Waals surface area contributed by atoms with E-state index in [1.54, 1.807) is 36.7 Å². The van der Waals surface area contributed by atoms with Gasteiger partial charge in [-0.05, 0) is 48.0 Å². The van der Waals surface area contributed by atoms with Crippen LogP contribution in [0.3, 0.4) is 0 Å². The van der Waals surface area contributed by atoms with Gasteiger partial charge in [0.15, 0.2) is 0 Å². The van der Waals surface area contributed by atoms with E-state index < -0.39 is 11.6 Å². The lowest BCUT2D eigenvalue weighted by atomic mass is 10.2. The van der Waals surface area contributed by atoms with E-state index in [9.17, 15) is 13.6 Å². The number of halogens is 3. The molecule has 27 heavy (non-hydrogen) atoms. The molecule has 0 bridgehead atoms. The summed E-state index contributed by atoms with van der Waals surface area (Å²) in [6.07, 6.45) is 1.64. The van der Waals surface area contributed by atoms with E-state index in [1.165, 1.54) is 6.07 Å². The molecule has 0 spiro atoms. The monoisotopic (exact) mass is 435 g/mol. The number of pyridine rings is 1. The van der Waals surface area contributed by atoms with E-state index in [0.29, 0.717) is 23.8 Å². The molecule has 1 aromatic carbocycles. The summed E-state index contributed by atoms with van der Waals surface area (Å²) in [5, 5.41) is 0. The maximum atomic E-state index is 13.7. The van der Waals surface area contributed by atoms with Crippen molar-refractivity contribution in [3.8, 4) is 5.75 Å². The van der Waals surface area contributed by atoms with Crippen molar-refractivity contribution >= 4 is 15.9 Å². The van der Waals surface area contributed by atoms with Crippen molar-refractivity contribution < 1.29 is 13.5 Å². The number of hydrogen-bond donors (Lipinski definition) is 0. The normalized spacial score (nSPS) is 10.9. The van der Waals surface area contributed by atoms with E-state index in [1.807, 2.05) is 0 Å². The zero-order chi connectivity index (χ0) is 19.6. The Labute approximate surface area is 162 Å². The molecular weight excluding hydrogens is 420 g/mol. The van der Waals surface area contributed by atoms with Crippen molar-refractivity contribution in [3.05, 3.63) is 85.8 Å². The molecule has 0 aliphatic heterocycles. The fourth-order valence-electron chi connectivity index (χ4n) is 2.57. The zero-order valence-electron chi connectivity index (χ0n) is 14.7. The number of ether oxygens (including phenoxy) is 1. The molecule has 3 rings (SSSR count). The van der Waals surface area contributed by atoms with Gasteiger partial charge >= 0.3 is 0 Å². The summed E-state index contributed by atoms with van der Waals surface area (Å²) in [4.78, 5) is 21.0. The van der Waals surface area contributed by atoms with Crippen molar-refractivity contribution in [2.24, 2.45) is 0 Å². The minimum absolute atomic E-state index is 0.126. The minimum Gasteiger partial charge on any atom is -0.487 e. The van der Waals surface area contributed by atoms with E-state index in [-0.39, 0.29) is 28.0 Å². The van der Waals surface area contributed by atoms with Crippen LogP contribution in [0, 0.1) is 25.5 Å². The van der Waals surface area contributed by atoms with Crippen LogP contribution in [0.1, 0.15) is 22.8 Å². The number of nitrogens with zero attached hydrogens (tertiary/aromatic N) is 3. The van der Waals surface area contributed by atoms with E-state index in [0.717, 1.165) is 12.1 Å². The fourth-order valence-corrected chi connectivity index (χ4v) is 3.01. The van der Waals surface area contributed by atoms with Gasteiger partial charge in [-0.25, -0.2) is 18.7 Å². The molecule has 0 unspecified atom stereocenters. The smallest absolute Gasteiger partial charge is 0.269 e. The predicted octanol–water partition coefficient (Wildman–Crippen LogP) is 3.92. The summed E-state index contributed by atoms with van der Waals surface area (Å²) in [5.41, 5.74) is 1.28. The van der Waals surface area contributed by atoms with Gasteiger partial charge in [0.2, 0.25) is 0 Å². The highest BCUT2D eigenvalue weighted by Crippen LogP contribution is 2.24. The molecule has 8 heteroatoms. The van der Waals surface area contributed by atoms with Gasteiger partial charge in [-0.1, -0.05) is 0 Å². The molecular formula is C19H16BrF2N3O2. The average molecular weight is 436 g/mol. The SMILES string of the molecule is Cc1nccc(Cn2c(C)cc(OCc3ccc(F)cc3F)c(Br)c2=O)n1. The van der Waals surface area contributed by atoms with Crippen molar-refractivity contribution in [2.45, 2.75) is 27.0 Å². The van der Waals surface area contributed by atoms with Crippen LogP contribution in [0.15, 0.2) is 45.8 Å². The lowest BCUT2D eigenvalue weighted by Crippen LogP contribution is -2.24. The highest BCUT2D eigenvalue weighted by molar-refractivity contribution is 9.10. The largest absolute Gasteiger partial charge is 0.487 e. The van der Waals surface area contributed by atoms with Crippen molar-refractivity contribution in [1.82, 2.24) is 14.5 Å². The van der Waals surface area contributed by atoms with Crippen LogP contribution in [0.4, 0.5) is 8.78 Å². The Morgan fingerprint density at radius 2 is 1.96 bits per heavy atom.